The minimum absolute atomic E-state index is 0. The quantitative estimate of drug-likeness (QED) is 0.405. The second kappa shape index (κ2) is 9.27. The summed E-state index contributed by atoms with van der Waals surface area (Å²) in [5, 5.41) is 3.37. The van der Waals surface area contributed by atoms with Crippen LogP contribution in [0.4, 0.5) is 0 Å². The number of hydrogen-bond acceptors (Lipinski definition) is 2. The van der Waals surface area contributed by atoms with Crippen molar-refractivity contribution in [2.75, 3.05) is 14.1 Å². The standard InChI is InChI=1S/C16H22BrN5.HI/c1-12-6-5-7-19-15(12)9-20-16(18-2)22(4)11-14-8-13(17)10-21(14)3;/h5-8,10H,9,11H2,1-4H3,(H,18,20);1H. The minimum atomic E-state index is 0. The highest BCUT2D eigenvalue weighted by atomic mass is 127. The van der Waals surface area contributed by atoms with Crippen molar-refractivity contribution in [2.24, 2.45) is 12.0 Å². The van der Waals surface area contributed by atoms with Gasteiger partial charge in [-0.2, -0.15) is 0 Å². The van der Waals surface area contributed by atoms with Crippen molar-refractivity contribution in [2.45, 2.75) is 20.0 Å². The average Bonchev–Trinajstić information content (AvgIpc) is 2.79. The van der Waals surface area contributed by atoms with Crippen LogP contribution in [-0.4, -0.2) is 34.5 Å². The highest BCUT2D eigenvalue weighted by molar-refractivity contribution is 14.0. The zero-order valence-corrected chi connectivity index (χ0v) is 17.8. The summed E-state index contributed by atoms with van der Waals surface area (Å²) in [4.78, 5) is 10.8. The summed E-state index contributed by atoms with van der Waals surface area (Å²) in [6, 6.07) is 6.14. The lowest BCUT2D eigenvalue weighted by Crippen LogP contribution is -2.38. The summed E-state index contributed by atoms with van der Waals surface area (Å²) in [5.74, 6) is 0.849. The Kier molecular flexibility index (Phi) is 8.04. The first kappa shape index (κ1) is 20.0. The molecule has 126 valence electrons. The number of rotatable bonds is 4. The number of aromatic nitrogens is 2. The third-order valence-electron chi connectivity index (χ3n) is 3.58. The van der Waals surface area contributed by atoms with Crippen LogP contribution in [0.2, 0.25) is 0 Å². The van der Waals surface area contributed by atoms with Gasteiger partial charge in [-0.25, -0.2) is 0 Å². The van der Waals surface area contributed by atoms with Crippen LogP contribution >= 0.6 is 39.9 Å². The summed E-state index contributed by atoms with van der Waals surface area (Å²) < 4.78 is 3.20. The lowest BCUT2D eigenvalue weighted by Gasteiger charge is -2.22. The highest BCUT2D eigenvalue weighted by Gasteiger charge is 2.10. The van der Waals surface area contributed by atoms with E-state index in [1.54, 1.807) is 7.05 Å². The van der Waals surface area contributed by atoms with Crippen LogP contribution in [0.15, 0.2) is 40.1 Å². The van der Waals surface area contributed by atoms with Gasteiger partial charge in [-0.05, 0) is 40.5 Å². The maximum absolute atomic E-state index is 4.40. The van der Waals surface area contributed by atoms with Crippen LogP contribution in [0.1, 0.15) is 17.0 Å². The van der Waals surface area contributed by atoms with Gasteiger partial charge in [0, 0.05) is 43.7 Å². The second-order valence-electron chi connectivity index (χ2n) is 5.28. The molecule has 0 spiro atoms. The molecule has 0 aliphatic rings. The maximum Gasteiger partial charge on any atom is 0.194 e. The molecule has 7 heteroatoms. The predicted octanol–water partition coefficient (Wildman–Crippen LogP) is 3.32. The molecule has 0 atom stereocenters. The van der Waals surface area contributed by atoms with E-state index < -0.39 is 0 Å². The lowest BCUT2D eigenvalue weighted by molar-refractivity contribution is 0.461. The number of halogens is 2. The van der Waals surface area contributed by atoms with Gasteiger partial charge in [-0.15, -0.1) is 24.0 Å². The fraction of sp³-hybridized carbons (Fsp3) is 0.375. The van der Waals surface area contributed by atoms with E-state index in [0.717, 1.165) is 22.7 Å². The van der Waals surface area contributed by atoms with Crippen LogP contribution in [0.25, 0.3) is 0 Å². The van der Waals surface area contributed by atoms with E-state index in [4.69, 9.17) is 0 Å². The van der Waals surface area contributed by atoms with E-state index in [0.29, 0.717) is 6.54 Å². The predicted molar refractivity (Wildman–Crippen MR) is 109 cm³/mol. The zero-order valence-electron chi connectivity index (χ0n) is 13.9. The topological polar surface area (TPSA) is 45.5 Å². The van der Waals surface area contributed by atoms with Crippen molar-refractivity contribution in [1.82, 2.24) is 19.8 Å². The first-order valence-electron chi connectivity index (χ1n) is 7.14. The molecule has 2 aromatic heterocycles. The Morgan fingerprint density at radius 1 is 1.48 bits per heavy atom. The van der Waals surface area contributed by atoms with Gasteiger partial charge >= 0.3 is 0 Å². The third-order valence-corrected chi connectivity index (χ3v) is 4.01. The number of pyridine rings is 1. The molecular formula is C16H23BrIN5. The van der Waals surface area contributed by atoms with E-state index in [9.17, 15) is 0 Å². The molecule has 0 bridgehead atoms. The van der Waals surface area contributed by atoms with Crippen LogP contribution < -0.4 is 5.32 Å². The van der Waals surface area contributed by atoms with E-state index in [1.165, 1.54) is 11.3 Å². The summed E-state index contributed by atoms with van der Waals surface area (Å²) in [7, 11) is 5.87. The first-order chi connectivity index (χ1) is 10.5. The Labute approximate surface area is 163 Å². The van der Waals surface area contributed by atoms with Crippen LogP contribution in [0.5, 0.6) is 0 Å². The number of guanidine groups is 1. The molecule has 0 aliphatic heterocycles. The molecule has 0 aliphatic carbocycles. The molecule has 0 saturated heterocycles. The first-order valence-corrected chi connectivity index (χ1v) is 7.93. The Hall–Kier alpha value is -1.09. The fourth-order valence-corrected chi connectivity index (χ4v) is 2.86. The van der Waals surface area contributed by atoms with Crippen molar-refractivity contribution in [3.63, 3.8) is 0 Å². The molecule has 1 N–H and O–H groups in total. The third kappa shape index (κ3) is 5.49. The van der Waals surface area contributed by atoms with E-state index in [2.05, 4.69) is 65.9 Å². The van der Waals surface area contributed by atoms with E-state index >= 15 is 0 Å². The van der Waals surface area contributed by atoms with Gasteiger partial charge in [0.15, 0.2) is 5.96 Å². The van der Waals surface area contributed by atoms with Gasteiger partial charge in [0.25, 0.3) is 0 Å². The maximum atomic E-state index is 4.40. The molecular weight excluding hydrogens is 469 g/mol. The lowest BCUT2D eigenvalue weighted by atomic mass is 10.2. The SMILES string of the molecule is CN=C(NCc1ncccc1C)N(C)Cc1cc(Br)cn1C.I. The minimum Gasteiger partial charge on any atom is -0.352 e. The fourth-order valence-electron chi connectivity index (χ4n) is 2.29. The molecule has 0 unspecified atom stereocenters. The van der Waals surface area contributed by atoms with Gasteiger partial charge in [0.1, 0.15) is 0 Å². The van der Waals surface area contributed by atoms with Crippen molar-refractivity contribution in [1.29, 1.82) is 0 Å². The number of nitrogens with one attached hydrogen (secondary N) is 1. The number of aliphatic imine (C=N–C) groups is 1. The van der Waals surface area contributed by atoms with Gasteiger partial charge in [-0.3, -0.25) is 9.98 Å². The van der Waals surface area contributed by atoms with Gasteiger partial charge in [-0.1, -0.05) is 6.07 Å². The van der Waals surface area contributed by atoms with Gasteiger partial charge in [0.2, 0.25) is 0 Å². The van der Waals surface area contributed by atoms with Crippen molar-refractivity contribution >= 4 is 45.9 Å². The Morgan fingerprint density at radius 2 is 2.22 bits per heavy atom. The average molecular weight is 492 g/mol. The van der Waals surface area contributed by atoms with Gasteiger partial charge in [0.05, 0.1) is 18.8 Å². The normalized spacial score (nSPS) is 11.1. The number of aryl methyl sites for hydroxylation is 2. The molecule has 0 saturated carbocycles. The molecule has 5 nitrogen and oxygen atoms in total. The van der Waals surface area contributed by atoms with Crippen LogP contribution in [-0.2, 0) is 20.1 Å². The molecule has 0 amide bonds. The Bertz CT molecular complexity index is 668. The largest absolute Gasteiger partial charge is 0.352 e. The van der Waals surface area contributed by atoms with Crippen LogP contribution in [0.3, 0.4) is 0 Å². The van der Waals surface area contributed by atoms with Crippen molar-refractivity contribution < 1.29 is 0 Å². The van der Waals surface area contributed by atoms with Gasteiger partial charge < -0.3 is 14.8 Å². The summed E-state index contributed by atoms with van der Waals surface area (Å²) in [6.45, 7) is 3.52. The monoisotopic (exact) mass is 491 g/mol. The molecule has 2 heterocycles. The number of hydrogen-bond donors (Lipinski definition) is 1. The van der Waals surface area contributed by atoms with E-state index in [1.807, 2.05) is 26.4 Å². The van der Waals surface area contributed by atoms with E-state index in [-0.39, 0.29) is 24.0 Å². The molecule has 2 rings (SSSR count). The van der Waals surface area contributed by atoms with Crippen molar-refractivity contribution in [3.8, 4) is 0 Å². The molecule has 0 fully saturated rings. The second-order valence-corrected chi connectivity index (χ2v) is 6.20. The zero-order chi connectivity index (χ0) is 16.1. The number of nitrogens with zero attached hydrogens (tertiary/aromatic N) is 4. The smallest absolute Gasteiger partial charge is 0.194 e. The molecule has 23 heavy (non-hydrogen) atoms. The summed E-state index contributed by atoms with van der Waals surface area (Å²) >= 11 is 3.50. The Balaban J connectivity index is 0.00000264. The molecule has 0 aromatic carbocycles. The summed E-state index contributed by atoms with van der Waals surface area (Å²) in [5.41, 5.74) is 3.43. The van der Waals surface area contributed by atoms with Crippen molar-refractivity contribution in [3.05, 3.63) is 52.0 Å². The molecule has 0 radical (unpaired) electrons. The Morgan fingerprint density at radius 3 is 2.78 bits per heavy atom. The molecule has 2 aromatic rings. The highest BCUT2D eigenvalue weighted by Crippen LogP contribution is 2.15. The van der Waals surface area contributed by atoms with Crippen LogP contribution in [0, 0.1) is 6.92 Å². The summed E-state index contributed by atoms with van der Waals surface area (Å²) in [6.07, 6.45) is 3.87.